The van der Waals surface area contributed by atoms with E-state index in [1.165, 1.54) is 19.3 Å². The van der Waals surface area contributed by atoms with E-state index in [0.717, 1.165) is 28.2 Å². The summed E-state index contributed by atoms with van der Waals surface area (Å²) in [4.78, 5) is 7.66. The Labute approximate surface area is 106 Å². The van der Waals surface area contributed by atoms with Crippen LogP contribution in [0.2, 0.25) is 0 Å². The summed E-state index contributed by atoms with van der Waals surface area (Å²) < 4.78 is 5.09. The number of hydrogen-bond donors (Lipinski definition) is 1. The highest BCUT2D eigenvalue weighted by Crippen LogP contribution is 2.31. The second-order valence-corrected chi connectivity index (χ2v) is 5.70. The first-order chi connectivity index (χ1) is 8.24. The number of aliphatic hydroxyl groups is 1. The molecule has 96 valence electrons. The van der Waals surface area contributed by atoms with Crippen molar-refractivity contribution in [2.24, 2.45) is 5.92 Å². The lowest BCUT2D eigenvalue weighted by Crippen LogP contribution is -2.29. The van der Waals surface area contributed by atoms with Gasteiger partial charge in [0.1, 0.15) is 0 Å². The van der Waals surface area contributed by atoms with Gasteiger partial charge in [0.25, 0.3) is 0 Å². The molecule has 5 heteroatoms. The Balaban J connectivity index is 2.03. The summed E-state index contributed by atoms with van der Waals surface area (Å²) in [5.41, 5.74) is 0.871. The fourth-order valence-corrected chi connectivity index (χ4v) is 2.94. The molecule has 1 aromatic rings. The smallest absolute Gasteiger partial charge is 0.185 e. The molecule has 1 heterocycles. The van der Waals surface area contributed by atoms with Gasteiger partial charge in [-0.3, -0.25) is 0 Å². The SMILES string of the molecule is COCc1nc(N(C)CC2CCC2)sc1CO. The molecule has 0 aromatic carbocycles. The first-order valence-corrected chi connectivity index (χ1v) is 6.85. The van der Waals surface area contributed by atoms with Gasteiger partial charge >= 0.3 is 0 Å². The molecule has 4 nitrogen and oxygen atoms in total. The zero-order valence-corrected chi connectivity index (χ0v) is 11.3. The normalized spacial score (nSPS) is 15.9. The van der Waals surface area contributed by atoms with Crippen LogP contribution in [0.15, 0.2) is 0 Å². The zero-order chi connectivity index (χ0) is 12.3. The average molecular weight is 256 g/mol. The largest absolute Gasteiger partial charge is 0.391 e. The third-order valence-electron chi connectivity index (χ3n) is 3.27. The molecule has 0 radical (unpaired) electrons. The maximum atomic E-state index is 9.28. The van der Waals surface area contributed by atoms with E-state index in [1.54, 1.807) is 18.4 Å². The molecular weight excluding hydrogens is 236 g/mol. The average Bonchev–Trinajstić information content (AvgIpc) is 2.67. The van der Waals surface area contributed by atoms with E-state index in [9.17, 15) is 5.11 Å². The van der Waals surface area contributed by atoms with Crippen LogP contribution in [0.3, 0.4) is 0 Å². The van der Waals surface area contributed by atoms with E-state index >= 15 is 0 Å². The molecule has 0 bridgehead atoms. The summed E-state index contributed by atoms with van der Waals surface area (Å²) in [6.45, 7) is 1.60. The van der Waals surface area contributed by atoms with Crippen LogP contribution < -0.4 is 4.90 Å². The number of nitrogens with zero attached hydrogens (tertiary/aromatic N) is 2. The summed E-state index contributed by atoms with van der Waals surface area (Å²) in [6, 6.07) is 0. The van der Waals surface area contributed by atoms with Gasteiger partial charge in [-0.1, -0.05) is 17.8 Å². The molecule has 17 heavy (non-hydrogen) atoms. The summed E-state index contributed by atoms with van der Waals surface area (Å²) in [5, 5.41) is 10.3. The second-order valence-electron chi connectivity index (χ2n) is 4.63. The van der Waals surface area contributed by atoms with E-state index in [2.05, 4.69) is 16.9 Å². The monoisotopic (exact) mass is 256 g/mol. The van der Waals surface area contributed by atoms with Gasteiger partial charge in [-0.15, -0.1) is 0 Å². The highest BCUT2D eigenvalue weighted by atomic mass is 32.1. The minimum Gasteiger partial charge on any atom is -0.391 e. The van der Waals surface area contributed by atoms with Gasteiger partial charge in [0, 0.05) is 20.7 Å². The number of aliphatic hydroxyl groups excluding tert-OH is 1. The van der Waals surface area contributed by atoms with Crippen molar-refractivity contribution < 1.29 is 9.84 Å². The van der Waals surface area contributed by atoms with Crippen LogP contribution in [0.1, 0.15) is 29.8 Å². The second kappa shape index (κ2) is 5.80. The Bertz CT molecular complexity index is 363. The predicted octanol–water partition coefficient (Wildman–Crippen LogP) is 2.02. The number of rotatable bonds is 6. The van der Waals surface area contributed by atoms with E-state index in [1.807, 2.05) is 0 Å². The standard InChI is InChI=1S/C12H20N2O2S/c1-14(6-9-4-3-5-9)12-13-10(8-16-2)11(7-15)17-12/h9,15H,3-8H2,1-2H3. The Morgan fingerprint density at radius 1 is 1.53 bits per heavy atom. The molecule has 1 N–H and O–H groups in total. The maximum Gasteiger partial charge on any atom is 0.185 e. The third kappa shape index (κ3) is 2.97. The highest BCUT2D eigenvalue weighted by Gasteiger charge is 2.21. The van der Waals surface area contributed by atoms with Crippen LogP contribution in [0.25, 0.3) is 0 Å². The van der Waals surface area contributed by atoms with E-state index in [0.29, 0.717) is 6.61 Å². The summed E-state index contributed by atoms with van der Waals surface area (Å²) in [7, 11) is 3.73. The van der Waals surface area contributed by atoms with Gasteiger partial charge in [-0.2, -0.15) is 0 Å². The van der Waals surface area contributed by atoms with Crippen molar-refractivity contribution in [3.8, 4) is 0 Å². The van der Waals surface area contributed by atoms with Gasteiger partial charge in [-0.05, 0) is 18.8 Å². The molecule has 0 saturated heterocycles. The lowest BCUT2D eigenvalue weighted by molar-refractivity contribution is 0.179. The van der Waals surface area contributed by atoms with Crippen molar-refractivity contribution in [2.45, 2.75) is 32.5 Å². The number of methoxy groups -OCH3 is 1. The molecular formula is C12H20N2O2S. The number of anilines is 1. The molecule has 1 aromatic heterocycles. The zero-order valence-electron chi connectivity index (χ0n) is 10.5. The molecule has 0 atom stereocenters. The van der Waals surface area contributed by atoms with Crippen LogP contribution in [-0.2, 0) is 18.0 Å². The van der Waals surface area contributed by atoms with Gasteiger partial charge in [0.05, 0.1) is 23.8 Å². The molecule has 0 spiro atoms. The van der Waals surface area contributed by atoms with E-state index < -0.39 is 0 Å². The fraction of sp³-hybridized carbons (Fsp3) is 0.750. The van der Waals surface area contributed by atoms with E-state index in [-0.39, 0.29) is 6.61 Å². The molecule has 0 unspecified atom stereocenters. The Morgan fingerprint density at radius 2 is 2.29 bits per heavy atom. The number of hydrogen-bond acceptors (Lipinski definition) is 5. The molecule has 1 aliphatic rings. The molecule has 2 rings (SSSR count). The highest BCUT2D eigenvalue weighted by molar-refractivity contribution is 7.15. The van der Waals surface area contributed by atoms with Crippen molar-refractivity contribution in [1.29, 1.82) is 0 Å². The summed E-state index contributed by atoms with van der Waals surface area (Å²) in [5.74, 6) is 0.826. The Kier molecular flexibility index (Phi) is 4.36. The lowest BCUT2D eigenvalue weighted by atomic mass is 9.85. The maximum absolute atomic E-state index is 9.28. The van der Waals surface area contributed by atoms with Crippen LogP contribution >= 0.6 is 11.3 Å². The van der Waals surface area contributed by atoms with Crippen molar-refractivity contribution >= 4 is 16.5 Å². The third-order valence-corrected chi connectivity index (χ3v) is 4.47. The predicted molar refractivity (Wildman–Crippen MR) is 69.4 cm³/mol. The van der Waals surface area contributed by atoms with Crippen molar-refractivity contribution in [3.63, 3.8) is 0 Å². The van der Waals surface area contributed by atoms with Crippen molar-refractivity contribution in [1.82, 2.24) is 4.98 Å². The number of thiazole rings is 1. The molecule has 0 aliphatic heterocycles. The Hall–Kier alpha value is -0.650. The van der Waals surface area contributed by atoms with Crippen LogP contribution in [0, 0.1) is 5.92 Å². The van der Waals surface area contributed by atoms with Crippen molar-refractivity contribution in [2.75, 3.05) is 25.6 Å². The summed E-state index contributed by atoms with van der Waals surface area (Å²) >= 11 is 1.57. The quantitative estimate of drug-likeness (QED) is 0.846. The molecule has 1 fully saturated rings. The van der Waals surface area contributed by atoms with Gasteiger partial charge in [0.2, 0.25) is 0 Å². The van der Waals surface area contributed by atoms with E-state index in [4.69, 9.17) is 4.74 Å². The number of ether oxygens (including phenoxy) is 1. The molecule has 0 amide bonds. The molecule has 1 aliphatic carbocycles. The van der Waals surface area contributed by atoms with Gasteiger partial charge in [-0.25, -0.2) is 4.98 Å². The topological polar surface area (TPSA) is 45.6 Å². The molecule has 1 saturated carbocycles. The first-order valence-electron chi connectivity index (χ1n) is 6.04. The first kappa shape index (κ1) is 12.8. The minimum absolute atomic E-state index is 0.0492. The van der Waals surface area contributed by atoms with Crippen LogP contribution in [0.4, 0.5) is 5.13 Å². The fourth-order valence-electron chi connectivity index (χ4n) is 2.05. The van der Waals surface area contributed by atoms with Gasteiger partial charge < -0.3 is 14.7 Å². The summed E-state index contributed by atoms with van der Waals surface area (Å²) in [6.07, 6.45) is 4.05. The Morgan fingerprint density at radius 3 is 2.82 bits per heavy atom. The lowest BCUT2D eigenvalue weighted by Gasteiger charge is -2.29. The minimum atomic E-state index is 0.0492. The number of aromatic nitrogens is 1. The van der Waals surface area contributed by atoms with Crippen LogP contribution in [-0.4, -0.2) is 30.8 Å². The van der Waals surface area contributed by atoms with Gasteiger partial charge in [0.15, 0.2) is 5.13 Å². The van der Waals surface area contributed by atoms with Crippen molar-refractivity contribution in [3.05, 3.63) is 10.6 Å². The van der Waals surface area contributed by atoms with Crippen LogP contribution in [0.5, 0.6) is 0 Å².